The highest BCUT2D eigenvalue weighted by Crippen LogP contribution is 2.15. The number of aryl methyl sites for hydroxylation is 1. The molecule has 4 nitrogen and oxygen atoms in total. The van der Waals surface area contributed by atoms with E-state index in [1.54, 1.807) is 0 Å². The fourth-order valence-electron chi connectivity index (χ4n) is 1.09. The van der Waals surface area contributed by atoms with Gasteiger partial charge in [-0.2, -0.15) is 13.2 Å². The number of thiazole rings is 1. The number of carbonyl (C=O) groups is 1. The van der Waals surface area contributed by atoms with Gasteiger partial charge in [-0.3, -0.25) is 4.79 Å². The van der Waals surface area contributed by atoms with Crippen molar-refractivity contribution in [1.29, 1.82) is 0 Å². The van der Waals surface area contributed by atoms with Crippen molar-refractivity contribution in [3.05, 3.63) is 16.1 Å². The third-order valence-corrected chi connectivity index (χ3v) is 2.91. The summed E-state index contributed by atoms with van der Waals surface area (Å²) in [4.78, 5) is 15.5. The van der Waals surface area contributed by atoms with E-state index < -0.39 is 24.8 Å². The van der Waals surface area contributed by atoms with Gasteiger partial charge in [0.15, 0.2) is 0 Å². The smallest absolute Gasteiger partial charge is 0.359 e. The Kier molecular flexibility index (Phi) is 5.09. The molecule has 8 heteroatoms. The zero-order valence-corrected chi connectivity index (χ0v) is 10.7. The lowest BCUT2D eigenvalue weighted by molar-refractivity contribution is -0.185. The zero-order chi connectivity index (χ0) is 13.8. The van der Waals surface area contributed by atoms with Crippen LogP contribution in [0.5, 0.6) is 0 Å². The molecule has 0 aromatic carbocycles. The highest BCUT2D eigenvalue weighted by atomic mass is 32.1. The van der Waals surface area contributed by atoms with Crippen LogP contribution in [0, 0.1) is 6.92 Å². The summed E-state index contributed by atoms with van der Waals surface area (Å²) in [7, 11) is 0. The number of hydrogen-bond acceptors (Lipinski definition) is 4. The molecule has 0 aliphatic carbocycles. The summed E-state index contributed by atoms with van der Waals surface area (Å²) in [5.41, 5.74) is 0.839. The molecule has 1 atom stereocenters. The molecule has 0 radical (unpaired) electrons. The summed E-state index contributed by atoms with van der Waals surface area (Å²) in [6.45, 7) is 1.85. The van der Waals surface area contributed by atoms with Crippen LogP contribution in [0.4, 0.5) is 13.2 Å². The van der Waals surface area contributed by atoms with Crippen LogP contribution in [0.3, 0.4) is 0 Å². The van der Waals surface area contributed by atoms with Gasteiger partial charge in [-0.15, -0.1) is 11.3 Å². The van der Waals surface area contributed by atoms with Gasteiger partial charge in [0.1, 0.15) is 17.7 Å². The maximum absolute atomic E-state index is 11.9. The molecule has 1 heterocycles. The Morgan fingerprint density at radius 3 is 2.78 bits per heavy atom. The Bertz CT molecular complexity index is 406. The van der Waals surface area contributed by atoms with Gasteiger partial charge in [-0.1, -0.05) is 0 Å². The minimum atomic E-state index is -4.43. The van der Waals surface area contributed by atoms with Crippen molar-refractivity contribution in [1.82, 2.24) is 10.3 Å². The Balaban J connectivity index is 2.32. The van der Waals surface area contributed by atoms with Crippen LogP contribution in [-0.4, -0.2) is 29.8 Å². The zero-order valence-electron chi connectivity index (χ0n) is 9.87. The highest BCUT2D eigenvalue weighted by Gasteiger charge is 2.29. The first kappa shape index (κ1) is 14.9. The molecular formula is C10H13F3N2O2S. The number of ether oxygens (including phenoxy) is 1. The number of alkyl halides is 3. The fraction of sp³-hybridized carbons (Fsp3) is 0.600. The Morgan fingerprint density at radius 1 is 1.61 bits per heavy atom. The predicted molar refractivity (Wildman–Crippen MR) is 60.2 cm³/mol. The lowest BCUT2D eigenvalue weighted by Gasteiger charge is -2.14. The second-order valence-corrected chi connectivity index (χ2v) is 4.61. The van der Waals surface area contributed by atoms with Gasteiger partial charge >= 0.3 is 6.18 Å². The molecule has 0 fully saturated rings. The van der Waals surface area contributed by atoms with E-state index in [4.69, 9.17) is 0 Å². The van der Waals surface area contributed by atoms with Crippen LogP contribution in [0.2, 0.25) is 0 Å². The molecule has 0 aliphatic heterocycles. The van der Waals surface area contributed by atoms with Crippen LogP contribution in [0.25, 0.3) is 0 Å². The molecule has 1 aromatic rings. The molecular weight excluding hydrogens is 269 g/mol. The number of rotatable bonds is 5. The minimum Gasteiger partial charge on any atom is -0.359 e. The van der Waals surface area contributed by atoms with Gasteiger partial charge in [0.25, 0.3) is 0 Å². The van der Waals surface area contributed by atoms with Crippen molar-refractivity contribution in [2.75, 3.05) is 6.61 Å². The first-order valence-corrected chi connectivity index (χ1v) is 6.03. The number of aromatic nitrogens is 1. The molecule has 1 amide bonds. The first-order valence-electron chi connectivity index (χ1n) is 5.15. The lowest BCUT2D eigenvalue weighted by atomic mass is 10.3. The van der Waals surface area contributed by atoms with Gasteiger partial charge in [0.2, 0.25) is 5.91 Å². The first-order chi connectivity index (χ1) is 8.28. The third-order valence-electron chi connectivity index (χ3n) is 1.95. The average Bonchev–Trinajstić information content (AvgIpc) is 2.67. The van der Waals surface area contributed by atoms with Crippen molar-refractivity contribution in [3.8, 4) is 0 Å². The highest BCUT2D eigenvalue weighted by molar-refractivity contribution is 7.09. The minimum absolute atomic E-state index is 0.192. The van der Waals surface area contributed by atoms with Crippen LogP contribution in [-0.2, 0) is 16.1 Å². The lowest BCUT2D eigenvalue weighted by Crippen LogP contribution is -2.36. The predicted octanol–water partition coefficient (Wildman–Crippen LogP) is 2.04. The van der Waals surface area contributed by atoms with Gasteiger partial charge in [0, 0.05) is 11.1 Å². The van der Waals surface area contributed by atoms with Crippen LogP contribution in [0.1, 0.15) is 17.6 Å². The van der Waals surface area contributed by atoms with Crippen molar-refractivity contribution in [2.24, 2.45) is 0 Å². The number of carbonyl (C=O) groups excluding carboxylic acids is 1. The van der Waals surface area contributed by atoms with E-state index in [0.29, 0.717) is 5.01 Å². The quantitative estimate of drug-likeness (QED) is 0.899. The van der Waals surface area contributed by atoms with Gasteiger partial charge in [-0.05, 0) is 13.8 Å². The maximum Gasteiger partial charge on any atom is 0.411 e. The molecule has 1 N–H and O–H groups in total. The molecule has 1 rings (SSSR count). The molecule has 1 aromatic heterocycles. The third kappa shape index (κ3) is 5.46. The number of halogens is 3. The van der Waals surface area contributed by atoms with E-state index in [0.717, 1.165) is 5.69 Å². The van der Waals surface area contributed by atoms with Gasteiger partial charge in [0.05, 0.1) is 6.54 Å². The topological polar surface area (TPSA) is 51.2 Å². The summed E-state index contributed by atoms with van der Waals surface area (Å²) in [6.07, 6.45) is -5.58. The Hall–Kier alpha value is -1.15. The molecule has 0 unspecified atom stereocenters. The molecule has 0 spiro atoms. The summed E-state index contributed by atoms with van der Waals surface area (Å²) in [5, 5.41) is 4.99. The number of nitrogens with one attached hydrogen (secondary N) is 1. The largest absolute Gasteiger partial charge is 0.411 e. The van der Waals surface area contributed by atoms with Gasteiger partial charge in [-0.25, -0.2) is 4.98 Å². The van der Waals surface area contributed by atoms with Crippen molar-refractivity contribution >= 4 is 17.2 Å². The molecule has 0 bridgehead atoms. The van der Waals surface area contributed by atoms with E-state index in [1.165, 1.54) is 18.3 Å². The van der Waals surface area contributed by atoms with Crippen LogP contribution in [0.15, 0.2) is 5.38 Å². The van der Waals surface area contributed by atoms with Crippen LogP contribution < -0.4 is 5.32 Å². The average molecular weight is 282 g/mol. The SMILES string of the molecule is Cc1csc(CNC(=O)[C@@H](C)OCC(F)(F)F)n1. The molecule has 18 heavy (non-hydrogen) atoms. The second kappa shape index (κ2) is 6.14. The van der Waals surface area contributed by atoms with E-state index in [-0.39, 0.29) is 6.54 Å². The molecule has 0 saturated carbocycles. The molecule has 0 aliphatic rings. The van der Waals surface area contributed by atoms with Crippen molar-refractivity contribution in [2.45, 2.75) is 32.7 Å². The summed E-state index contributed by atoms with van der Waals surface area (Å²) in [6, 6.07) is 0. The Labute approximate surface area is 106 Å². The Morgan fingerprint density at radius 2 is 2.28 bits per heavy atom. The van der Waals surface area contributed by atoms with E-state index in [1.807, 2.05) is 12.3 Å². The van der Waals surface area contributed by atoms with Crippen molar-refractivity contribution < 1.29 is 22.7 Å². The number of hydrogen-bond donors (Lipinski definition) is 1. The summed E-state index contributed by atoms with van der Waals surface area (Å²) in [5.74, 6) is -0.591. The standard InChI is InChI=1S/C10H13F3N2O2S/c1-6-4-18-8(15-6)3-14-9(16)7(2)17-5-10(11,12)13/h4,7H,3,5H2,1-2H3,(H,14,16)/t7-/m1/s1. The summed E-state index contributed by atoms with van der Waals surface area (Å²) >= 11 is 1.37. The van der Waals surface area contributed by atoms with E-state index in [9.17, 15) is 18.0 Å². The van der Waals surface area contributed by atoms with Gasteiger partial charge < -0.3 is 10.1 Å². The molecule has 102 valence electrons. The fourth-order valence-corrected chi connectivity index (χ4v) is 1.80. The maximum atomic E-state index is 11.9. The molecule has 0 saturated heterocycles. The van der Waals surface area contributed by atoms with E-state index >= 15 is 0 Å². The summed E-state index contributed by atoms with van der Waals surface area (Å²) < 4.78 is 40.0. The normalized spacial score (nSPS) is 13.4. The second-order valence-electron chi connectivity index (χ2n) is 3.67. The van der Waals surface area contributed by atoms with Crippen LogP contribution >= 0.6 is 11.3 Å². The number of nitrogens with zero attached hydrogens (tertiary/aromatic N) is 1. The van der Waals surface area contributed by atoms with Crippen molar-refractivity contribution in [3.63, 3.8) is 0 Å². The van der Waals surface area contributed by atoms with E-state index in [2.05, 4.69) is 15.0 Å². The number of amides is 1. The monoisotopic (exact) mass is 282 g/mol.